The van der Waals surface area contributed by atoms with Gasteiger partial charge in [0.05, 0.1) is 5.56 Å². The van der Waals surface area contributed by atoms with Crippen molar-refractivity contribution in [3.8, 4) is 5.75 Å². The number of benzene rings is 2. The highest BCUT2D eigenvalue weighted by molar-refractivity contribution is 6.06. The maximum Gasteiger partial charge on any atom is 0.259 e. The summed E-state index contributed by atoms with van der Waals surface area (Å²) in [6.07, 6.45) is 0. The lowest BCUT2D eigenvalue weighted by Gasteiger charge is -2.27. The Bertz CT molecular complexity index is 727. The van der Waals surface area contributed by atoms with Gasteiger partial charge >= 0.3 is 0 Å². The summed E-state index contributed by atoms with van der Waals surface area (Å²) >= 11 is 0. The van der Waals surface area contributed by atoms with E-state index < -0.39 is 0 Å². The Kier molecular flexibility index (Phi) is 7.67. The number of nitrogens with one attached hydrogen (secondary N) is 1. The molecule has 2 aromatic carbocycles. The number of amides is 1. The van der Waals surface area contributed by atoms with Crippen LogP contribution in [0.15, 0.2) is 48.5 Å². The molecule has 1 N–H and O–H groups in total. The number of carbonyl (C=O) groups is 1. The van der Waals surface area contributed by atoms with Crippen molar-refractivity contribution in [2.45, 2.75) is 26.8 Å². The van der Waals surface area contributed by atoms with Gasteiger partial charge in [-0.15, -0.1) is 0 Å². The topological polar surface area (TPSA) is 44.8 Å². The Morgan fingerprint density at radius 2 is 1.74 bits per heavy atom. The number of hydrogen-bond donors (Lipinski definition) is 1. The molecule has 27 heavy (non-hydrogen) atoms. The average Bonchev–Trinajstić information content (AvgIpc) is 2.63. The number of rotatable bonds is 9. The van der Waals surface area contributed by atoms with Gasteiger partial charge in [-0.1, -0.05) is 12.1 Å². The van der Waals surface area contributed by atoms with Crippen molar-refractivity contribution in [2.75, 3.05) is 44.0 Å². The van der Waals surface area contributed by atoms with Crippen LogP contribution in [0.1, 0.15) is 31.1 Å². The molecule has 0 radical (unpaired) electrons. The minimum atomic E-state index is -0.167. The Labute approximate surface area is 162 Å². The van der Waals surface area contributed by atoms with Gasteiger partial charge < -0.3 is 19.9 Å². The first-order chi connectivity index (χ1) is 12.9. The molecule has 0 aliphatic heterocycles. The second kappa shape index (κ2) is 9.97. The number of hydrogen-bond acceptors (Lipinski definition) is 4. The van der Waals surface area contributed by atoms with Crippen molar-refractivity contribution in [3.05, 3.63) is 54.1 Å². The molecule has 2 aromatic rings. The number of anilines is 2. The van der Waals surface area contributed by atoms with Crippen molar-refractivity contribution in [1.82, 2.24) is 4.90 Å². The number of nitrogens with zero attached hydrogens (tertiary/aromatic N) is 2. The Morgan fingerprint density at radius 3 is 2.33 bits per heavy atom. The molecule has 0 bridgehead atoms. The first-order valence-corrected chi connectivity index (χ1v) is 9.47. The Balaban J connectivity index is 2.07. The van der Waals surface area contributed by atoms with Crippen molar-refractivity contribution in [1.29, 1.82) is 0 Å². The van der Waals surface area contributed by atoms with E-state index in [0.717, 1.165) is 24.5 Å². The molecule has 0 saturated heterocycles. The summed E-state index contributed by atoms with van der Waals surface area (Å²) in [4.78, 5) is 17.1. The summed E-state index contributed by atoms with van der Waals surface area (Å²) in [5.74, 6) is 0.435. The van der Waals surface area contributed by atoms with Crippen LogP contribution in [0.25, 0.3) is 0 Å². The highest BCUT2D eigenvalue weighted by atomic mass is 16.5. The van der Waals surface area contributed by atoms with Crippen molar-refractivity contribution in [2.24, 2.45) is 0 Å². The van der Waals surface area contributed by atoms with E-state index in [-0.39, 0.29) is 5.91 Å². The van der Waals surface area contributed by atoms with Crippen LogP contribution in [-0.4, -0.2) is 50.6 Å². The van der Waals surface area contributed by atoms with Crippen molar-refractivity contribution in [3.63, 3.8) is 0 Å². The number of likely N-dealkylation sites (N-methyl/N-ethyl adjacent to an activating group) is 1. The predicted molar refractivity (Wildman–Crippen MR) is 113 cm³/mol. The third kappa shape index (κ3) is 6.00. The SMILES string of the molecule is CCN(c1ccc(NC(=O)c2ccccc2OCCN(C)C)cc1)C(C)C. The molecular formula is C22H31N3O2. The molecule has 146 valence electrons. The van der Waals surface area contributed by atoms with E-state index in [1.54, 1.807) is 6.07 Å². The second-order valence-corrected chi connectivity index (χ2v) is 7.03. The van der Waals surface area contributed by atoms with Crippen LogP contribution < -0.4 is 15.0 Å². The maximum atomic E-state index is 12.7. The second-order valence-electron chi connectivity index (χ2n) is 7.03. The monoisotopic (exact) mass is 369 g/mol. The van der Waals surface area contributed by atoms with Gasteiger partial charge in [-0.2, -0.15) is 0 Å². The molecule has 0 aliphatic rings. The number of ether oxygens (including phenoxy) is 1. The van der Waals surface area contributed by atoms with Crippen LogP contribution in [0, 0.1) is 0 Å². The lowest BCUT2D eigenvalue weighted by Crippen LogP contribution is -2.30. The molecule has 0 saturated carbocycles. The van der Waals surface area contributed by atoms with E-state index in [4.69, 9.17) is 4.74 Å². The van der Waals surface area contributed by atoms with E-state index in [2.05, 4.69) is 31.0 Å². The van der Waals surface area contributed by atoms with Gasteiger partial charge in [0.15, 0.2) is 0 Å². The van der Waals surface area contributed by atoms with Crippen molar-refractivity contribution < 1.29 is 9.53 Å². The molecule has 0 unspecified atom stereocenters. The van der Waals surface area contributed by atoms with E-state index in [1.165, 1.54) is 0 Å². The molecule has 0 spiro atoms. The molecule has 5 nitrogen and oxygen atoms in total. The van der Waals surface area contributed by atoms with Gasteiger partial charge in [0.2, 0.25) is 0 Å². The minimum Gasteiger partial charge on any atom is -0.491 e. The molecule has 0 aliphatic carbocycles. The van der Waals surface area contributed by atoms with Crippen molar-refractivity contribution >= 4 is 17.3 Å². The summed E-state index contributed by atoms with van der Waals surface area (Å²) in [6.45, 7) is 8.76. The van der Waals surface area contributed by atoms with Crippen LogP contribution >= 0.6 is 0 Å². The van der Waals surface area contributed by atoms with Crippen LogP contribution in [0.4, 0.5) is 11.4 Å². The molecule has 0 atom stereocenters. The molecule has 0 heterocycles. The quantitative estimate of drug-likeness (QED) is 0.722. The van der Waals surface area contributed by atoms with E-state index in [0.29, 0.717) is 24.0 Å². The minimum absolute atomic E-state index is 0.167. The lowest BCUT2D eigenvalue weighted by atomic mass is 10.1. The summed E-state index contributed by atoms with van der Waals surface area (Å²) in [7, 11) is 3.98. The summed E-state index contributed by atoms with van der Waals surface area (Å²) in [5, 5.41) is 2.96. The normalized spacial score (nSPS) is 10.9. The van der Waals surface area contributed by atoms with Gasteiger partial charge in [0.25, 0.3) is 5.91 Å². The van der Waals surface area contributed by atoms with E-state index in [9.17, 15) is 4.79 Å². The largest absolute Gasteiger partial charge is 0.491 e. The van der Waals surface area contributed by atoms with E-state index in [1.807, 2.05) is 61.5 Å². The standard InChI is InChI=1S/C22H31N3O2/c1-6-25(17(2)3)19-13-11-18(12-14-19)23-22(26)20-9-7-8-10-21(20)27-16-15-24(4)5/h7-14,17H,6,15-16H2,1-5H3,(H,23,26). The van der Waals surface area contributed by atoms with Gasteiger partial charge in [-0.05, 0) is 71.3 Å². The number of para-hydroxylation sites is 1. The fourth-order valence-corrected chi connectivity index (χ4v) is 2.90. The Morgan fingerprint density at radius 1 is 1.07 bits per heavy atom. The lowest BCUT2D eigenvalue weighted by molar-refractivity contribution is 0.102. The summed E-state index contributed by atoms with van der Waals surface area (Å²) in [6, 6.07) is 15.7. The van der Waals surface area contributed by atoms with Gasteiger partial charge in [-0.3, -0.25) is 4.79 Å². The molecule has 0 fully saturated rings. The zero-order chi connectivity index (χ0) is 19.8. The van der Waals surface area contributed by atoms with Gasteiger partial charge in [0, 0.05) is 30.5 Å². The predicted octanol–water partition coefficient (Wildman–Crippen LogP) is 4.11. The van der Waals surface area contributed by atoms with Gasteiger partial charge in [-0.25, -0.2) is 0 Å². The third-order valence-electron chi connectivity index (χ3n) is 4.35. The summed E-state index contributed by atoms with van der Waals surface area (Å²) < 4.78 is 5.79. The molecule has 1 amide bonds. The zero-order valence-electron chi connectivity index (χ0n) is 17.0. The first-order valence-electron chi connectivity index (χ1n) is 9.47. The van der Waals surface area contributed by atoms with Crippen LogP contribution in [-0.2, 0) is 0 Å². The molecular weight excluding hydrogens is 338 g/mol. The zero-order valence-corrected chi connectivity index (χ0v) is 17.0. The van der Waals surface area contributed by atoms with Gasteiger partial charge in [0.1, 0.15) is 12.4 Å². The molecule has 2 rings (SSSR count). The fraction of sp³-hybridized carbons (Fsp3) is 0.409. The van der Waals surface area contributed by atoms with E-state index >= 15 is 0 Å². The highest BCUT2D eigenvalue weighted by Crippen LogP contribution is 2.22. The highest BCUT2D eigenvalue weighted by Gasteiger charge is 2.13. The molecule has 5 heteroatoms. The smallest absolute Gasteiger partial charge is 0.259 e. The summed E-state index contributed by atoms with van der Waals surface area (Å²) in [5.41, 5.74) is 2.46. The maximum absolute atomic E-state index is 12.7. The van der Waals surface area contributed by atoms with Crippen LogP contribution in [0.5, 0.6) is 5.75 Å². The fourth-order valence-electron chi connectivity index (χ4n) is 2.90. The average molecular weight is 370 g/mol. The van der Waals surface area contributed by atoms with Crippen LogP contribution in [0.2, 0.25) is 0 Å². The first kappa shape index (κ1) is 20.8. The number of carbonyl (C=O) groups excluding carboxylic acids is 1. The molecule has 0 aromatic heterocycles. The van der Waals surface area contributed by atoms with Crippen LogP contribution in [0.3, 0.4) is 0 Å². The Hall–Kier alpha value is -2.53. The third-order valence-corrected chi connectivity index (χ3v) is 4.35.